The lowest BCUT2D eigenvalue weighted by molar-refractivity contribution is 0.397. The molecule has 0 amide bonds. The highest BCUT2D eigenvalue weighted by Gasteiger charge is 2.05. The molecule has 0 bridgehead atoms. The second-order valence-electron chi connectivity index (χ2n) is 3.54. The zero-order valence-corrected chi connectivity index (χ0v) is 10.6. The van der Waals surface area contributed by atoms with Crippen molar-refractivity contribution in [3.63, 3.8) is 0 Å². The Morgan fingerprint density at radius 3 is 2.59 bits per heavy atom. The lowest BCUT2D eigenvalue weighted by Gasteiger charge is -1.97. The second kappa shape index (κ2) is 4.82. The predicted molar refractivity (Wildman–Crippen MR) is 71.0 cm³/mol. The SMILES string of the molecule is Cc1onc(/C=C/c2ccc(Cl)c(Cl)c2)c1N. The molecule has 0 radical (unpaired) electrons. The summed E-state index contributed by atoms with van der Waals surface area (Å²) < 4.78 is 4.95. The number of benzene rings is 1. The van der Waals surface area contributed by atoms with Gasteiger partial charge in [-0.15, -0.1) is 0 Å². The smallest absolute Gasteiger partial charge is 0.157 e. The monoisotopic (exact) mass is 268 g/mol. The Bertz CT molecular complexity index is 576. The minimum atomic E-state index is 0.512. The number of hydrogen-bond acceptors (Lipinski definition) is 3. The predicted octanol–water partition coefficient (Wildman–Crippen LogP) is 4.04. The van der Waals surface area contributed by atoms with Gasteiger partial charge in [0.25, 0.3) is 0 Å². The maximum Gasteiger partial charge on any atom is 0.157 e. The van der Waals surface area contributed by atoms with E-state index in [9.17, 15) is 0 Å². The van der Waals surface area contributed by atoms with Gasteiger partial charge in [-0.3, -0.25) is 0 Å². The van der Waals surface area contributed by atoms with Gasteiger partial charge in [0.05, 0.1) is 10.0 Å². The van der Waals surface area contributed by atoms with Crippen LogP contribution < -0.4 is 5.73 Å². The molecular weight excluding hydrogens is 259 g/mol. The van der Waals surface area contributed by atoms with Gasteiger partial charge in [-0.2, -0.15) is 0 Å². The summed E-state index contributed by atoms with van der Waals surface area (Å²) in [6, 6.07) is 5.36. The first kappa shape index (κ1) is 12.0. The van der Waals surface area contributed by atoms with Crippen molar-refractivity contribution in [2.45, 2.75) is 6.92 Å². The summed E-state index contributed by atoms with van der Waals surface area (Å²) in [6.07, 6.45) is 3.61. The molecule has 0 aliphatic heterocycles. The molecule has 0 aliphatic rings. The summed E-state index contributed by atoms with van der Waals surface area (Å²) in [4.78, 5) is 0. The molecule has 17 heavy (non-hydrogen) atoms. The molecule has 0 saturated heterocycles. The minimum absolute atomic E-state index is 0.512. The first-order valence-electron chi connectivity index (χ1n) is 4.93. The Morgan fingerprint density at radius 1 is 1.24 bits per heavy atom. The van der Waals surface area contributed by atoms with Gasteiger partial charge in [-0.05, 0) is 30.7 Å². The molecule has 0 spiro atoms. The van der Waals surface area contributed by atoms with E-state index in [1.54, 1.807) is 25.1 Å². The summed E-state index contributed by atoms with van der Waals surface area (Å²) in [5.41, 5.74) is 7.83. The Hall–Kier alpha value is -1.45. The normalized spacial score (nSPS) is 11.2. The van der Waals surface area contributed by atoms with E-state index in [1.165, 1.54) is 0 Å². The molecule has 2 aromatic rings. The molecule has 1 heterocycles. The highest BCUT2D eigenvalue weighted by molar-refractivity contribution is 6.42. The standard InChI is InChI=1S/C12H10Cl2N2O/c1-7-12(15)11(16-17-7)5-3-8-2-4-9(13)10(14)6-8/h2-6H,15H2,1H3/b5-3+. The number of nitrogen functional groups attached to an aromatic ring is 1. The summed E-state index contributed by atoms with van der Waals surface area (Å²) in [7, 11) is 0. The highest BCUT2D eigenvalue weighted by atomic mass is 35.5. The van der Waals surface area contributed by atoms with Gasteiger partial charge in [0.1, 0.15) is 11.4 Å². The number of anilines is 1. The van der Waals surface area contributed by atoms with Crippen LogP contribution in [-0.4, -0.2) is 5.16 Å². The Morgan fingerprint density at radius 2 is 2.00 bits per heavy atom. The van der Waals surface area contributed by atoms with Crippen molar-refractivity contribution in [2.75, 3.05) is 5.73 Å². The molecule has 1 aromatic heterocycles. The number of hydrogen-bond donors (Lipinski definition) is 1. The fraction of sp³-hybridized carbons (Fsp3) is 0.0833. The van der Waals surface area contributed by atoms with Crippen LogP contribution in [0.15, 0.2) is 22.7 Å². The zero-order chi connectivity index (χ0) is 12.4. The number of nitrogens with zero attached hydrogens (tertiary/aromatic N) is 1. The van der Waals surface area contributed by atoms with Crippen molar-refractivity contribution >= 4 is 41.0 Å². The van der Waals surface area contributed by atoms with Crippen molar-refractivity contribution in [1.82, 2.24) is 5.16 Å². The van der Waals surface area contributed by atoms with E-state index >= 15 is 0 Å². The van der Waals surface area contributed by atoms with Crippen molar-refractivity contribution in [1.29, 1.82) is 0 Å². The van der Waals surface area contributed by atoms with Gasteiger partial charge >= 0.3 is 0 Å². The fourth-order valence-electron chi connectivity index (χ4n) is 1.31. The van der Waals surface area contributed by atoms with Crippen LogP contribution in [0.2, 0.25) is 10.0 Å². The zero-order valence-electron chi connectivity index (χ0n) is 9.08. The van der Waals surface area contributed by atoms with Crippen LogP contribution >= 0.6 is 23.2 Å². The molecule has 0 aliphatic carbocycles. The molecule has 5 heteroatoms. The fourth-order valence-corrected chi connectivity index (χ4v) is 1.61. The Kier molecular flexibility index (Phi) is 3.41. The van der Waals surface area contributed by atoms with Gasteiger partial charge in [0.2, 0.25) is 0 Å². The molecule has 88 valence electrons. The Labute approximate surface area is 109 Å². The van der Waals surface area contributed by atoms with Crippen molar-refractivity contribution in [3.05, 3.63) is 45.3 Å². The van der Waals surface area contributed by atoms with Gasteiger partial charge < -0.3 is 10.3 Å². The minimum Gasteiger partial charge on any atom is -0.394 e. The number of rotatable bonds is 2. The summed E-state index contributed by atoms with van der Waals surface area (Å²) >= 11 is 11.7. The topological polar surface area (TPSA) is 52.0 Å². The first-order valence-corrected chi connectivity index (χ1v) is 5.68. The van der Waals surface area contributed by atoms with Crippen molar-refractivity contribution in [3.8, 4) is 0 Å². The summed E-state index contributed by atoms with van der Waals surface area (Å²) in [6.45, 7) is 1.76. The maximum atomic E-state index is 5.91. The second-order valence-corrected chi connectivity index (χ2v) is 4.36. The van der Waals surface area contributed by atoms with Crippen LogP contribution in [0.1, 0.15) is 17.0 Å². The van der Waals surface area contributed by atoms with Crippen molar-refractivity contribution in [2.24, 2.45) is 0 Å². The largest absolute Gasteiger partial charge is 0.394 e. The third-order valence-electron chi connectivity index (χ3n) is 2.31. The average Bonchev–Trinajstić information content (AvgIpc) is 2.62. The molecule has 2 N–H and O–H groups in total. The third-order valence-corrected chi connectivity index (χ3v) is 3.05. The Balaban J connectivity index is 2.26. The van der Waals surface area contributed by atoms with Crippen LogP contribution in [0.3, 0.4) is 0 Å². The van der Waals surface area contributed by atoms with Gasteiger partial charge in [-0.25, -0.2) is 0 Å². The van der Waals surface area contributed by atoms with E-state index in [1.807, 2.05) is 12.1 Å². The van der Waals surface area contributed by atoms with E-state index in [-0.39, 0.29) is 0 Å². The average molecular weight is 269 g/mol. The van der Waals surface area contributed by atoms with Crippen LogP contribution in [0.4, 0.5) is 5.69 Å². The van der Waals surface area contributed by atoms with Gasteiger partial charge in [0.15, 0.2) is 5.76 Å². The third kappa shape index (κ3) is 2.62. The number of aromatic nitrogens is 1. The lowest BCUT2D eigenvalue weighted by Crippen LogP contribution is -1.86. The molecule has 0 unspecified atom stereocenters. The van der Waals surface area contributed by atoms with E-state index in [4.69, 9.17) is 33.5 Å². The van der Waals surface area contributed by atoms with E-state index in [2.05, 4.69) is 5.16 Å². The quantitative estimate of drug-likeness (QED) is 0.894. The van der Waals surface area contributed by atoms with Crippen LogP contribution in [0, 0.1) is 6.92 Å². The molecular formula is C12H10Cl2N2O. The maximum absolute atomic E-state index is 5.91. The van der Waals surface area contributed by atoms with Crippen LogP contribution in [0.25, 0.3) is 12.2 Å². The number of halogens is 2. The molecule has 3 nitrogen and oxygen atoms in total. The molecule has 2 rings (SSSR count). The van der Waals surface area contributed by atoms with E-state index in [0.29, 0.717) is 27.2 Å². The van der Waals surface area contributed by atoms with Crippen LogP contribution in [0.5, 0.6) is 0 Å². The van der Waals surface area contributed by atoms with Crippen molar-refractivity contribution < 1.29 is 4.52 Å². The van der Waals surface area contributed by atoms with E-state index in [0.717, 1.165) is 5.56 Å². The molecule has 0 fully saturated rings. The van der Waals surface area contributed by atoms with Gasteiger partial charge in [-0.1, -0.05) is 40.5 Å². The molecule has 0 saturated carbocycles. The number of aryl methyl sites for hydroxylation is 1. The molecule has 1 aromatic carbocycles. The van der Waals surface area contributed by atoms with Gasteiger partial charge in [0, 0.05) is 0 Å². The summed E-state index contributed by atoms with van der Waals surface area (Å²) in [5, 5.41) is 4.86. The highest BCUT2D eigenvalue weighted by Crippen LogP contribution is 2.24. The van der Waals surface area contributed by atoms with E-state index < -0.39 is 0 Å². The molecule has 0 atom stereocenters. The summed E-state index contributed by atoms with van der Waals surface area (Å²) in [5.74, 6) is 0.610. The lowest BCUT2D eigenvalue weighted by atomic mass is 10.2. The number of nitrogens with two attached hydrogens (primary N) is 1. The van der Waals surface area contributed by atoms with Crippen LogP contribution in [-0.2, 0) is 0 Å². The first-order chi connectivity index (χ1) is 8.08.